The largest absolute Gasteiger partial charge is 0.359 e. The van der Waals surface area contributed by atoms with Gasteiger partial charge in [-0.15, -0.1) is 0 Å². The van der Waals surface area contributed by atoms with Gasteiger partial charge in [0.15, 0.2) is 0 Å². The number of hydrogen-bond donors (Lipinski definition) is 2. The highest BCUT2D eigenvalue weighted by Gasteiger charge is 2.72. The van der Waals surface area contributed by atoms with E-state index in [1.54, 1.807) is 4.90 Å². The quantitative estimate of drug-likeness (QED) is 0.475. The fraction of sp³-hybridized carbons (Fsp3) is 0.676. The van der Waals surface area contributed by atoms with Crippen molar-refractivity contribution in [3.05, 3.63) is 41.5 Å². The second-order valence-electron chi connectivity index (χ2n) is 13.7. The van der Waals surface area contributed by atoms with Crippen LogP contribution in [0.15, 0.2) is 30.4 Å². The first-order valence-electron chi connectivity index (χ1n) is 16.3. The number of rotatable bonds is 7. The Balaban J connectivity index is 1.27. The van der Waals surface area contributed by atoms with E-state index in [0.717, 1.165) is 56.4 Å². The Kier molecular flexibility index (Phi) is 8.22. The number of likely N-dealkylation sites (tertiary alicyclic amines) is 2. The number of hydrogen-bond acceptors (Lipinski definition) is 5. The van der Waals surface area contributed by atoms with Crippen LogP contribution in [0.4, 0.5) is 5.69 Å². The third kappa shape index (κ3) is 5.19. The molecule has 2 N–H and O–H groups in total. The summed E-state index contributed by atoms with van der Waals surface area (Å²) >= 11 is 0. The standard InChI is InChI=1S/C34H48N4O4/c1-21-12-13-25(20-23(21)3)35-31(39)28-27-14-15-34(42-27)29(28)33(41)38(19-18-37-16-7-5-6-8-17-37)30(34)32(40)36-26-11-9-10-22(2)24(26)4/h12-15,20,22,24,26-30H,5-11,16-19H2,1-4H3,(H,35,39)(H,36,40)/t22-,24+,26+,27-,28+,29-,30-,34-/m0/s1. The molecule has 3 saturated heterocycles. The van der Waals surface area contributed by atoms with E-state index < -0.39 is 29.6 Å². The molecular weight excluding hydrogens is 528 g/mol. The second-order valence-corrected chi connectivity index (χ2v) is 13.7. The Labute approximate surface area is 250 Å². The molecule has 0 unspecified atom stereocenters. The van der Waals surface area contributed by atoms with Crippen LogP contribution in [0.3, 0.4) is 0 Å². The summed E-state index contributed by atoms with van der Waals surface area (Å²) in [6.07, 6.45) is 11.3. The maximum atomic E-state index is 14.3. The second kappa shape index (κ2) is 11.8. The molecule has 228 valence electrons. The van der Waals surface area contributed by atoms with Crippen molar-refractivity contribution in [1.82, 2.24) is 15.1 Å². The zero-order valence-electron chi connectivity index (χ0n) is 25.7. The molecule has 4 aliphatic heterocycles. The average Bonchev–Trinajstić information content (AvgIpc) is 3.51. The van der Waals surface area contributed by atoms with Crippen molar-refractivity contribution in [2.75, 3.05) is 31.5 Å². The minimum Gasteiger partial charge on any atom is -0.359 e. The smallest absolute Gasteiger partial charge is 0.246 e. The molecule has 1 aromatic carbocycles. The maximum absolute atomic E-state index is 14.3. The molecule has 6 rings (SSSR count). The Morgan fingerprint density at radius 2 is 1.74 bits per heavy atom. The Morgan fingerprint density at radius 1 is 0.976 bits per heavy atom. The lowest BCUT2D eigenvalue weighted by Gasteiger charge is -2.38. The third-order valence-electron chi connectivity index (χ3n) is 11.1. The van der Waals surface area contributed by atoms with Crippen molar-refractivity contribution >= 4 is 23.4 Å². The summed E-state index contributed by atoms with van der Waals surface area (Å²) < 4.78 is 6.57. The molecule has 1 spiro atoms. The van der Waals surface area contributed by atoms with Gasteiger partial charge in [-0.2, -0.15) is 0 Å². The van der Waals surface area contributed by atoms with Crippen LogP contribution >= 0.6 is 0 Å². The molecule has 1 aliphatic carbocycles. The number of aryl methyl sites for hydroxylation is 2. The van der Waals surface area contributed by atoms with Crippen LogP contribution in [0.2, 0.25) is 0 Å². The van der Waals surface area contributed by atoms with Crippen LogP contribution in [0.1, 0.15) is 69.9 Å². The molecule has 42 heavy (non-hydrogen) atoms. The molecular formula is C34H48N4O4. The average molecular weight is 577 g/mol. The van der Waals surface area contributed by atoms with Gasteiger partial charge in [-0.3, -0.25) is 14.4 Å². The molecule has 8 atom stereocenters. The number of nitrogens with one attached hydrogen (secondary N) is 2. The van der Waals surface area contributed by atoms with Crippen molar-refractivity contribution in [1.29, 1.82) is 0 Å². The number of amides is 3. The van der Waals surface area contributed by atoms with Gasteiger partial charge in [0.1, 0.15) is 11.6 Å². The molecule has 0 aromatic heterocycles. The monoisotopic (exact) mass is 576 g/mol. The predicted molar refractivity (Wildman–Crippen MR) is 163 cm³/mol. The Bertz CT molecular complexity index is 1240. The van der Waals surface area contributed by atoms with Crippen LogP contribution < -0.4 is 10.6 Å². The number of ether oxygens (including phenoxy) is 1. The van der Waals surface area contributed by atoms with E-state index in [9.17, 15) is 14.4 Å². The van der Waals surface area contributed by atoms with Crippen LogP contribution in [0.25, 0.3) is 0 Å². The van der Waals surface area contributed by atoms with Gasteiger partial charge in [-0.25, -0.2) is 0 Å². The van der Waals surface area contributed by atoms with Gasteiger partial charge in [-0.05, 0) is 81.3 Å². The highest BCUT2D eigenvalue weighted by Crippen LogP contribution is 2.55. The molecule has 1 saturated carbocycles. The first kappa shape index (κ1) is 29.4. The summed E-state index contributed by atoms with van der Waals surface area (Å²) in [4.78, 5) is 46.6. The van der Waals surface area contributed by atoms with Gasteiger partial charge < -0.3 is 25.2 Å². The van der Waals surface area contributed by atoms with Crippen molar-refractivity contribution in [2.45, 2.75) is 96.4 Å². The fourth-order valence-electron chi connectivity index (χ4n) is 8.21. The number of carbonyl (C=O) groups is 3. The van der Waals surface area contributed by atoms with Gasteiger partial charge in [0.2, 0.25) is 17.7 Å². The lowest BCUT2D eigenvalue weighted by molar-refractivity contribution is -0.141. The Morgan fingerprint density at radius 3 is 2.48 bits per heavy atom. The van der Waals surface area contributed by atoms with E-state index >= 15 is 0 Å². The van der Waals surface area contributed by atoms with Gasteiger partial charge >= 0.3 is 0 Å². The van der Waals surface area contributed by atoms with Gasteiger partial charge in [0.05, 0.1) is 17.9 Å². The Hall–Kier alpha value is -2.71. The molecule has 4 fully saturated rings. The number of carbonyl (C=O) groups excluding carboxylic acids is 3. The molecule has 0 radical (unpaired) electrons. The molecule has 5 aliphatic rings. The molecule has 8 heteroatoms. The topological polar surface area (TPSA) is 91.0 Å². The molecule has 8 nitrogen and oxygen atoms in total. The zero-order valence-corrected chi connectivity index (χ0v) is 25.7. The number of anilines is 1. The summed E-state index contributed by atoms with van der Waals surface area (Å²) in [5.74, 6) is -1.01. The van der Waals surface area contributed by atoms with E-state index in [2.05, 4.69) is 29.4 Å². The summed E-state index contributed by atoms with van der Waals surface area (Å²) in [5.41, 5.74) is 1.83. The summed E-state index contributed by atoms with van der Waals surface area (Å²) in [7, 11) is 0. The van der Waals surface area contributed by atoms with Crippen molar-refractivity contribution < 1.29 is 19.1 Å². The lowest BCUT2D eigenvalue weighted by atomic mass is 9.73. The van der Waals surface area contributed by atoms with Gasteiger partial charge in [0, 0.05) is 24.8 Å². The summed E-state index contributed by atoms with van der Waals surface area (Å²) in [5, 5.41) is 6.42. The number of fused-ring (bicyclic) bond motifs is 1. The van der Waals surface area contributed by atoms with E-state index in [0.29, 0.717) is 24.1 Å². The van der Waals surface area contributed by atoms with Crippen LogP contribution in [0.5, 0.6) is 0 Å². The van der Waals surface area contributed by atoms with Gasteiger partial charge in [-0.1, -0.05) is 57.7 Å². The normalized spacial score (nSPS) is 36.1. The first-order valence-corrected chi connectivity index (χ1v) is 16.3. The third-order valence-corrected chi connectivity index (χ3v) is 11.1. The predicted octanol–water partition coefficient (Wildman–Crippen LogP) is 4.21. The van der Waals surface area contributed by atoms with Crippen LogP contribution in [-0.2, 0) is 19.1 Å². The number of nitrogens with zero attached hydrogens (tertiary/aromatic N) is 2. The van der Waals surface area contributed by atoms with Crippen LogP contribution in [0, 0.1) is 37.5 Å². The van der Waals surface area contributed by atoms with E-state index in [1.807, 2.05) is 44.2 Å². The highest BCUT2D eigenvalue weighted by atomic mass is 16.5. The first-order chi connectivity index (χ1) is 20.2. The summed E-state index contributed by atoms with van der Waals surface area (Å²) in [6.45, 7) is 11.8. The van der Waals surface area contributed by atoms with Crippen molar-refractivity contribution in [3.63, 3.8) is 0 Å². The van der Waals surface area contributed by atoms with E-state index in [4.69, 9.17) is 4.74 Å². The minimum absolute atomic E-state index is 0.0747. The fourth-order valence-corrected chi connectivity index (χ4v) is 8.21. The maximum Gasteiger partial charge on any atom is 0.246 e. The summed E-state index contributed by atoms with van der Waals surface area (Å²) in [6, 6.07) is 5.13. The highest BCUT2D eigenvalue weighted by molar-refractivity contribution is 6.02. The zero-order chi connectivity index (χ0) is 29.6. The number of benzene rings is 1. The van der Waals surface area contributed by atoms with Crippen molar-refractivity contribution in [3.8, 4) is 0 Å². The van der Waals surface area contributed by atoms with E-state index in [1.165, 1.54) is 19.3 Å². The molecule has 4 heterocycles. The minimum atomic E-state index is -1.13. The van der Waals surface area contributed by atoms with Crippen LogP contribution in [-0.4, -0.2) is 77.5 Å². The molecule has 3 amide bonds. The van der Waals surface area contributed by atoms with Gasteiger partial charge in [0.25, 0.3) is 0 Å². The van der Waals surface area contributed by atoms with E-state index in [-0.39, 0.29) is 23.8 Å². The molecule has 1 aromatic rings. The molecule has 2 bridgehead atoms. The SMILES string of the molecule is Cc1ccc(NC(=O)[C@@H]2[C@@H]3C=C[C@]4(O3)[C@@H]2C(=O)N(CCN2CCCCCC2)[C@H]4C(=O)N[C@@H]2CCC[C@H](C)[C@H]2C)cc1C. The lowest BCUT2D eigenvalue weighted by Crippen LogP contribution is -2.58. The van der Waals surface area contributed by atoms with Crippen molar-refractivity contribution in [2.24, 2.45) is 23.7 Å².